The molecule has 4 rings (SSSR count). The smallest absolute Gasteiger partial charge is 0.338 e. The van der Waals surface area contributed by atoms with Gasteiger partial charge in [-0.2, -0.15) is 4.31 Å². The standard InChI is InChI=1S/C29H32FN3O5S/c1-3-21(2)22-7-11-25(12-8-22)31-28(34)20-38-29(35)23-5-4-6-27(19-23)39(36,37)33-17-15-32(16-18-33)26-13-9-24(30)10-14-26/h4-14,19,21H,3,15-18,20H2,1-2H3,(H,31,34). The summed E-state index contributed by atoms with van der Waals surface area (Å²) in [6.07, 6.45) is 1.01. The van der Waals surface area contributed by atoms with Gasteiger partial charge in [-0.1, -0.05) is 32.0 Å². The van der Waals surface area contributed by atoms with Crippen LogP contribution in [0.2, 0.25) is 0 Å². The number of benzene rings is 3. The van der Waals surface area contributed by atoms with E-state index in [-0.39, 0.29) is 29.4 Å². The first-order valence-electron chi connectivity index (χ1n) is 12.8. The Morgan fingerprint density at radius 2 is 1.64 bits per heavy atom. The third-order valence-electron chi connectivity index (χ3n) is 6.85. The number of nitrogens with one attached hydrogen (secondary N) is 1. The zero-order valence-corrected chi connectivity index (χ0v) is 22.8. The molecule has 206 valence electrons. The Bertz CT molecular complexity index is 1400. The Hall–Kier alpha value is -3.76. The molecule has 39 heavy (non-hydrogen) atoms. The van der Waals surface area contributed by atoms with Crippen molar-refractivity contribution in [1.82, 2.24) is 4.31 Å². The van der Waals surface area contributed by atoms with E-state index in [1.54, 1.807) is 24.3 Å². The zero-order valence-electron chi connectivity index (χ0n) is 22.0. The Kier molecular flexibility index (Phi) is 8.98. The molecule has 1 amide bonds. The van der Waals surface area contributed by atoms with Crippen LogP contribution >= 0.6 is 0 Å². The second-order valence-corrected chi connectivity index (χ2v) is 11.4. The van der Waals surface area contributed by atoms with Crippen molar-refractivity contribution in [3.63, 3.8) is 0 Å². The molecule has 1 fully saturated rings. The minimum atomic E-state index is -3.85. The Labute approximate surface area is 228 Å². The van der Waals surface area contributed by atoms with E-state index < -0.39 is 28.5 Å². The molecular weight excluding hydrogens is 521 g/mol. The van der Waals surface area contributed by atoms with Crippen molar-refractivity contribution >= 4 is 33.3 Å². The first kappa shape index (κ1) is 28.3. The molecule has 0 bridgehead atoms. The van der Waals surface area contributed by atoms with Gasteiger partial charge in [0, 0.05) is 37.6 Å². The quantitative estimate of drug-likeness (QED) is 0.388. The van der Waals surface area contributed by atoms with Crippen LogP contribution in [-0.4, -0.2) is 57.4 Å². The lowest BCUT2D eigenvalue weighted by Gasteiger charge is -2.35. The number of carbonyl (C=O) groups is 2. The average molecular weight is 554 g/mol. The van der Waals surface area contributed by atoms with Crippen molar-refractivity contribution in [1.29, 1.82) is 0 Å². The van der Waals surface area contributed by atoms with E-state index in [1.165, 1.54) is 46.3 Å². The first-order chi connectivity index (χ1) is 18.7. The summed E-state index contributed by atoms with van der Waals surface area (Å²) in [4.78, 5) is 26.8. The van der Waals surface area contributed by atoms with Gasteiger partial charge in [0.05, 0.1) is 10.5 Å². The maximum absolute atomic E-state index is 13.2. The molecule has 1 heterocycles. The highest BCUT2D eigenvalue weighted by Gasteiger charge is 2.29. The van der Waals surface area contributed by atoms with Gasteiger partial charge in [0.15, 0.2) is 6.61 Å². The minimum absolute atomic E-state index is 0.0296. The second-order valence-electron chi connectivity index (χ2n) is 9.45. The molecule has 8 nitrogen and oxygen atoms in total. The van der Waals surface area contributed by atoms with Crippen LogP contribution in [0.3, 0.4) is 0 Å². The molecule has 3 aromatic rings. The van der Waals surface area contributed by atoms with Gasteiger partial charge in [0.25, 0.3) is 5.91 Å². The van der Waals surface area contributed by atoms with Crippen LogP contribution in [0.15, 0.2) is 77.7 Å². The van der Waals surface area contributed by atoms with Crippen molar-refractivity contribution in [2.75, 3.05) is 43.0 Å². The average Bonchev–Trinajstić information content (AvgIpc) is 2.96. The molecule has 0 aliphatic carbocycles. The number of anilines is 2. The number of carbonyl (C=O) groups excluding carboxylic acids is 2. The molecule has 1 aliphatic heterocycles. The van der Waals surface area contributed by atoms with Gasteiger partial charge in [0.1, 0.15) is 5.82 Å². The number of nitrogens with zero attached hydrogens (tertiary/aromatic N) is 2. The topological polar surface area (TPSA) is 96.0 Å². The molecule has 0 aromatic heterocycles. The van der Waals surface area contributed by atoms with Gasteiger partial charge in [-0.3, -0.25) is 4.79 Å². The van der Waals surface area contributed by atoms with E-state index in [0.717, 1.165) is 12.1 Å². The van der Waals surface area contributed by atoms with Gasteiger partial charge in [-0.15, -0.1) is 0 Å². The highest BCUT2D eigenvalue weighted by atomic mass is 32.2. The summed E-state index contributed by atoms with van der Waals surface area (Å²) in [5.41, 5.74) is 2.62. The number of amides is 1. The third-order valence-corrected chi connectivity index (χ3v) is 8.74. The van der Waals surface area contributed by atoms with E-state index in [0.29, 0.717) is 24.7 Å². The van der Waals surface area contributed by atoms with E-state index in [1.807, 2.05) is 17.0 Å². The Balaban J connectivity index is 1.32. The maximum atomic E-state index is 13.2. The summed E-state index contributed by atoms with van der Waals surface area (Å²) < 4.78 is 46.2. The van der Waals surface area contributed by atoms with Crippen LogP contribution in [0, 0.1) is 5.82 Å². The number of piperazine rings is 1. The highest BCUT2D eigenvalue weighted by molar-refractivity contribution is 7.89. The van der Waals surface area contributed by atoms with E-state index in [9.17, 15) is 22.4 Å². The molecule has 1 atom stereocenters. The molecule has 1 unspecified atom stereocenters. The minimum Gasteiger partial charge on any atom is -0.452 e. The summed E-state index contributed by atoms with van der Waals surface area (Å²) in [7, 11) is -3.85. The number of sulfonamides is 1. The molecule has 0 radical (unpaired) electrons. The van der Waals surface area contributed by atoms with Crippen LogP contribution in [-0.2, 0) is 19.6 Å². The molecule has 0 saturated carbocycles. The summed E-state index contributed by atoms with van der Waals surface area (Å²) >= 11 is 0. The van der Waals surface area contributed by atoms with Crippen LogP contribution in [0.25, 0.3) is 0 Å². The van der Waals surface area contributed by atoms with Crippen LogP contribution < -0.4 is 10.2 Å². The lowest BCUT2D eigenvalue weighted by molar-refractivity contribution is -0.119. The SMILES string of the molecule is CCC(C)c1ccc(NC(=O)COC(=O)c2cccc(S(=O)(=O)N3CCN(c4ccc(F)cc4)CC3)c2)cc1. The second kappa shape index (κ2) is 12.4. The van der Waals surface area contributed by atoms with Gasteiger partial charge < -0.3 is 15.0 Å². The molecule has 0 spiro atoms. The van der Waals surface area contributed by atoms with Crippen LogP contribution in [0.4, 0.5) is 15.8 Å². The molecule has 10 heteroatoms. The molecule has 3 aromatic carbocycles. The van der Waals surface area contributed by atoms with Gasteiger partial charge >= 0.3 is 5.97 Å². The molecular formula is C29H32FN3O5S. The normalized spacial score (nSPS) is 15.0. The van der Waals surface area contributed by atoms with Gasteiger partial charge in [-0.05, 0) is 72.5 Å². The van der Waals surface area contributed by atoms with Crippen molar-refractivity contribution < 1.29 is 27.1 Å². The Morgan fingerprint density at radius 1 is 0.974 bits per heavy atom. The van der Waals surface area contributed by atoms with Crippen molar-refractivity contribution in [2.45, 2.75) is 31.1 Å². The fraction of sp³-hybridized carbons (Fsp3) is 0.310. The monoisotopic (exact) mass is 553 g/mol. The zero-order chi connectivity index (χ0) is 28.0. The summed E-state index contributed by atoms with van der Waals surface area (Å²) in [5.74, 6) is -1.20. The number of ether oxygens (including phenoxy) is 1. The van der Waals surface area contributed by atoms with Crippen molar-refractivity contribution in [2.24, 2.45) is 0 Å². The van der Waals surface area contributed by atoms with Crippen molar-refractivity contribution in [3.05, 3.63) is 89.7 Å². The van der Waals surface area contributed by atoms with E-state index in [4.69, 9.17) is 4.74 Å². The third kappa shape index (κ3) is 7.01. The maximum Gasteiger partial charge on any atom is 0.338 e. The molecule has 1 aliphatic rings. The molecule has 1 saturated heterocycles. The number of hydrogen-bond acceptors (Lipinski definition) is 6. The largest absolute Gasteiger partial charge is 0.452 e. The summed E-state index contributed by atoms with van der Waals surface area (Å²) in [5, 5.41) is 2.69. The van der Waals surface area contributed by atoms with Crippen LogP contribution in [0.1, 0.15) is 42.1 Å². The lowest BCUT2D eigenvalue weighted by atomic mass is 9.99. The van der Waals surface area contributed by atoms with E-state index in [2.05, 4.69) is 19.2 Å². The highest BCUT2D eigenvalue weighted by Crippen LogP contribution is 2.23. The van der Waals surface area contributed by atoms with E-state index >= 15 is 0 Å². The predicted octanol–water partition coefficient (Wildman–Crippen LogP) is 4.65. The fourth-order valence-corrected chi connectivity index (χ4v) is 5.78. The van der Waals surface area contributed by atoms with Gasteiger partial charge in [0.2, 0.25) is 10.0 Å². The first-order valence-corrected chi connectivity index (χ1v) is 14.3. The lowest BCUT2D eigenvalue weighted by Crippen LogP contribution is -2.48. The predicted molar refractivity (Wildman–Crippen MR) is 148 cm³/mol. The summed E-state index contributed by atoms with van der Waals surface area (Å²) in [6, 6.07) is 19.2. The van der Waals surface area contributed by atoms with Crippen molar-refractivity contribution in [3.8, 4) is 0 Å². The summed E-state index contributed by atoms with van der Waals surface area (Å²) in [6.45, 7) is 5.11. The van der Waals surface area contributed by atoms with Gasteiger partial charge in [-0.25, -0.2) is 17.6 Å². The Morgan fingerprint density at radius 3 is 2.28 bits per heavy atom. The number of halogens is 1. The number of hydrogen-bond donors (Lipinski definition) is 1. The fourth-order valence-electron chi connectivity index (χ4n) is 4.31. The number of esters is 1. The molecule has 1 N–H and O–H groups in total. The number of rotatable bonds is 9. The van der Waals surface area contributed by atoms with Crippen LogP contribution in [0.5, 0.6) is 0 Å².